The molecule has 6 nitrogen and oxygen atoms in total. The van der Waals surface area contributed by atoms with Gasteiger partial charge in [-0.2, -0.15) is 5.10 Å². The molecule has 4 N–H and O–H groups in total. The van der Waals surface area contributed by atoms with E-state index >= 15 is 0 Å². The van der Waals surface area contributed by atoms with Crippen LogP contribution in [0.3, 0.4) is 0 Å². The Labute approximate surface area is 103 Å². The minimum Gasteiger partial charge on any atom is -0.455 e. The molecule has 6 heteroatoms. The van der Waals surface area contributed by atoms with Gasteiger partial charge in [-0.1, -0.05) is 30.3 Å². The molecule has 0 bridgehead atoms. The third-order valence-electron chi connectivity index (χ3n) is 2.17. The maximum absolute atomic E-state index is 10.7. The van der Waals surface area contributed by atoms with Crippen molar-refractivity contribution in [3.05, 3.63) is 48.2 Å². The summed E-state index contributed by atoms with van der Waals surface area (Å²) in [4.78, 5) is 10.7. The van der Waals surface area contributed by atoms with Crippen LogP contribution in [-0.2, 0) is 0 Å². The molecule has 2 rings (SSSR count). The number of carbonyl (C=O) groups excluding carboxylic acids is 1. The predicted octanol–water partition coefficient (Wildman–Crippen LogP) is 1.45. The van der Waals surface area contributed by atoms with E-state index in [1.54, 1.807) is 6.07 Å². The average molecular weight is 244 g/mol. The number of hydrogen-bond acceptors (Lipinski definition) is 4. The highest BCUT2D eigenvalue weighted by Gasteiger charge is 2.02. The lowest BCUT2D eigenvalue weighted by Gasteiger charge is -1.95. The normalized spacial score (nSPS) is 10.5. The molecule has 0 saturated carbocycles. The zero-order chi connectivity index (χ0) is 12.8. The summed E-state index contributed by atoms with van der Waals surface area (Å²) < 4.78 is 5.53. The molecular formula is C12H12N4O2. The Kier molecular flexibility index (Phi) is 3.72. The molecule has 0 radical (unpaired) electrons. The molecule has 18 heavy (non-hydrogen) atoms. The van der Waals surface area contributed by atoms with E-state index in [1.165, 1.54) is 6.21 Å². The summed E-state index contributed by atoms with van der Waals surface area (Å²) in [5.74, 6) is 6.14. The second-order valence-electron chi connectivity index (χ2n) is 3.41. The van der Waals surface area contributed by atoms with Crippen LogP contribution in [0, 0.1) is 0 Å². The van der Waals surface area contributed by atoms with Crippen LogP contribution in [0.1, 0.15) is 5.76 Å². The van der Waals surface area contributed by atoms with Gasteiger partial charge in [0.25, 0.3) is 0 Å². The Morgan fingerprint density at radius 2 is 2.00 bits per heavy atom. The molecule has 2 aromatic rings. The Morgan fingerprint density at radius 1 is 1.22 bits per heavy atom. The molecule has 0 fully saturated rings. The molecule has 1 aromatic carbocycles. The average Bonchev–Trinajstić information content (AvgIpc) is 2.88. The number of nitrogens with one attached hydrogen (secondary N) is 2. The maximum Gasteiger partial charge on any atom is 0.349 e. The molecule has 92 valence electrons. The van der Waals surface area contributed by atoms with Gasteiger partial charge in [0.2, 0.25) is 0 Å². The number of urea groups is 1. The molecule has 0 aliphatic rings. The summed E-state index contributed by atoms with van der Waals surface area (Å²) in [6.45, 7) is 0. The molecule has 0 atom stereocenters. The van der Waals surface area contributed by atoms with E-state index in [1.807, 2.05) is 41.8 Å². The second-order valence-corrected chi connectivity index (χ2v) is 3.41. The fourth-order valence-corrected chi connectivity index (χ4v) is 1.37. The monoisotopic (exact) mass is 244 g/mol. The van der Waals surface area contributed by atoms with Crippen LogP contribution in [0.5, 0.6) is 0 Å². The van der Waals surface area contributed by atoms with E-state index in [9.17, 15) is 4.79 Å². The molecule has 1 heterocycles. The zero-order valence-electron chi connectivity index (χ0n) is 9.46. The van der Waals surface area contributed by atoms with Gasteiger partial charge in [-0.05, 0) is 12.1 Å². The van der Waals surface area contributed by atoms with E-state index < -0.39 is 6.03 Å². The van der Waals surface area contributed by atoms with Crippen molar-refractivity contribution in [3.63, 3.8) is 0 Å². The van der Waals surface area contributed by atoms with Gasteiger partial charge in [0.1, 0.15) is 11.5 Å². The quantitative estimate of drug-likeness (QED) is 0.330. The van der Waals surface area contributed by atoms with Crippen LogP contribution in [0.25, 0.3) is 11.3 Å². The topological polar surface area (TPSA) is 92.6 Å². The first-order chi connectivity index (χ1) is 8.79. The summed E-state index contributed by atoms with van der Waals surface area (Å²) in [5.41, 5.74) is 5.03. The molecule has 0 saturated heterocycles. The van der Waals surface area contributed by atoms with Crippen molar-refractivity contribution >= 4 is 12.2 Å². The number of nitrogens with zero attached hydrogens (tertiary/aromatic N) is 1. The smallest absolute Gasteiger partial charge is 0.349 e. The molecule has 0 aliphatic heterocycles. The van der Waals surface area contributed by atoms with E-state index in [0.29, 0.717) is 5.76 Å². The van der Waals surface area contributed by atoms with Crippen LogP contribution >= 0.6 is 0 Å². The first kappa shape index (κ1) is 11.9. The third kappa shape index (κ3) is 2.96. The summed E-state index contributed by atoms with van der Waals surface area (Å²) >= 11 is 0. The Bertz CT molecular complexity index is 548. The first-order valence-electron chi connectivity index (χ1n) is 5.24. The van der Waals surface area contributed by atoms with Gasteiger partial charge in [-0.3, -0.25) is 5.43 Å². The predicted molar refractivity (Wildman–Crippen MR) is 67.6 cm³/mol. The fourth-order valence-electron chi connectivity index (χ4n) is 1.37. The largest absolute Gasteiger partial charge is 0.455 e. The number of carbonyl (C=O) groups is 1. The Morgan fingerprint density at radius 3 is 2.72 bits per heavy atom. The minimum absolute atomic E-state index is 0.533. The van der Waals surface area contributed by atoms with Crippen LogP contribution < -0.4 is 16.7 Å². The van der Waals surface area contributed by atoms with Gasteiger partial charge >= 0.3 is 6.03 Å². The lowest BCUT2D eigenvalue weighted by atomic mass is 10.2. The van der Waals surface area contributed by atoms with E-state index in [2.05, 4.69) is 10.5 Å². The number of rotatable bonds is 3. The fraction of sp³-hybridized carbons (Fsp3) is 0. The summed E-state index contributed by atoms with van der Waals surface area (Å²) in [6, 6.07) is 12.7. The molecule has 0 spiro atoms. The molecule has 1 aromatic heterocycles. The third-order valence-corrected chi connectivity index (χ3v) is 2.17. The van der Waals surface area contributed by atoms with Crippen LogP contribution in [0.15, 0.2) is 52.0 Å². The van der Waals surface area contributed by atoms with Crippen LogP contribution in [0.2, 0.25) is 0 Å². The van der Waals surface area contributed by atoms with Crippen LogP contribution in [-0.4, -0.2) is 12.2 Å². The Balaban J connectivity index is 2.05. The lowest BCUT2D eigenvalue weighted by Crippen LogP contribution is -2.37. The SMILES string of the molecule is NNC(=O)N/N=C\c1ccc(-c2ccccc2)o1. The number of amides is 2. The van der Waals surface area contributed by atoms with Gasteiger partial charge in [-0.25, -0.2) is 16.1 Å². The van der Waals surface area contributed by atoms with Crippen molar-refractivity contribution < 1.29 is 9.21 Å². The number of nitrogens with two attached hydrogens (primary N) is 1. The van der Waals surface area contributed by atoms with Gasteiger partial charge in [0, 0.05) is 5.56 Å². The highest BCUT2D eigenvalue weighted by molar-refractivity contribution is 5.80. The highest BCUT2D eigenvalue weighted by Crippen LogP contribution is 2.20. The first-order valence-corrected chi connectivity index (χ1v) is 5.24. The standard InChI is InChI=1S/C12H12N4O2/c13-15-12(17)16-14-8-10-6-7-11(18-10)9-4-2-1-3-5-9/h1-8H,13H2,(H2,15,16,17)/b14-8-. The van der Waals surface area contributed by atoms with Gasteiger partial charge in [-0.15, -0.1) is 0 Å². The maximum atomic E-state index is 10.7. The Hall–Kier alpha value is -2.60. The molecular weight excluding hydrogens is 232 g/mol. The number of hydrazine groups is 1. The molecule has 2 amide bonds. The molecule has 0 unspecified atom stereocenters. The van der Waals surface area contributed by atoms with Crippen molar-refractivity contribution in [1.82, 2.24) is 10.9 Å². The minimum atomic E-state index is -0.596. The highest BCUT2D eigenvalue weighted by atomic mass is 16.3. The van der Waals surface area contributed by atoms with Crippen molar-refractivity contribution in [2.24, 2.45) is 10.9 Å². The van der Waals surface area contributed by atoms with E-state index in [4.69, 9.17) is 10.3 Å². The lowest BCUT2D eigenvalue weighted by molar-refractivity contribution is 0.241. The summed E-state index contributed by atoms with van der Waals surface area (Å²) in [7, 11) is 0. The van der Waals surface area contributed by atoms with Crippen molar-refractivity contribution in [2.75, 3.05) is 0 Å². The summed E-state index contributed by atoms with van der Waals surface area (Å²) in [5, 5.41) is 3.66. The van der Waals surface area contributed by atoms with Crippen LogP contribution in [0.4, 0.5) is 4.79 Å². The van der Waals surface area contributed by atoms with Crippen molar-refractivity contribution in [2.45, 2.75) is 0 Å². The second kappa shape index (κ2) is 5.65. The van der Waals surface area contributed by atoms with Gasteiger partial charge < -0.3 is 4.42 Å². The number of hydrazone groups is 1. The number of furan rings is 1. The van der Waals surface area contributed by atoms with E-state index in [0.717, 1.165) is 11.3 Å². The zero-order valence-corrected chi connectivity index (χ0v) is 9.46. The van der Waals surface area contributed by atoms with Gasteiger partial charge in [0.15, 0.2) is 0 Å². The summed E-state index contributed by atoms with van der Waals surface area (Å²) in [6.07, 6.45) is 1.39. The van der Waals surface area contributed by atoms with Gasteiger partial charge in [0.05, 0.1) is 6.21 Å². The van der Waals surface area contributed by atoms with Crippen molar-refractivity contribution in [1.29, 1.82) is 0 Å². The van der Waals surface area contributed by atoms with Crippen molar-refractivity contribution in [3.8, 4) is 11.3 Å². The molecule has 0 aliphatic carbocycles. The number of hydrogen-bond donors (Lipinski definition) is 3. The van der Waals surface area contributed by atoms with E-state index in [-0.39, 0.29) is 0 Å². The number of benzene rings is 1.